The minimum atomic E-state index is -0.445. The first kappa shape index (κ1) is 10.2. The molecule has 4 nitrogen and oxygen atoms in total. The molecular weight excluding hydrogens is 170 g/mol. The van der Waals surface area contributed by atoms with Gasteiger partial charge in [-0.15, -0.1) is 0 Å². The van der Waals surface area contributed by atoms with Crippen molar-refractivity contribution < 1.29 is 14.4 Å². The van der Waals surface area contributed by atoms with Crippen molar-refractivity contribution in [3.05, 3.63) is 0 Å². The Balaban J connectivity index is 2.67. The van der Waals surface area contributed by atoms with E-state index in [1.54, 1.807) is 0 Å². The van der Waals surface area contributed by atoms with Crippen LogP contribution >= 0.6 is 0 Å². The fourth-order valence-corrected chi connectivity index (χ4v) is 1.99. The molecule has 0 spiro atoms. The molecule has 0 aliphatic heterocycles. The lowest BCUT2D eigenvalue weighted by Crippen LogP contribution is -2.34. The van der Waals surface area contributed by atoms with Gasteiger partial charge in [0.2, 0.25) is 0 Å². The molecule has 0 bridgehead atoms. The van der Waals surface area contributed by atoms with Crippen LogP contribution in [0.1, 0.15) is 32.6 Å². The average Bonchev–Trinajstić information content (AvgIpc) is 2.16. The summed E-state index contributed by atoms with van der Waals surface area (Å²) in [5.74, 6) is 3.94. The highest BCUT2D eigenvalue weighted by Crippen LogP contribution is 2.31. The van der Waals surface area contributed by atoms with E-state index in [2.05, 4.69) is 4.84 Å². The summed E-state index contributed by atoms with van der Waals surface area (Å²) in [6, 6.07) is 0. The van der Waals surface area contributed by atoms with Gasteiger partial charge in [0.15, 0.2) is 0 Å². The van der Waals surface area contributed by atoms with E-state index in [0.717, 1.165) is 25.7 Å². The number of carbonyl (C=O) groups excluding carboxylic acids is 2. The Kier molecular flexibility index (Phi) is 3.42. The van der Waals surface area contributed by atoms with Crippen molar-refractivity contribution in [2.45, 2.75) is 32.6 Å². The summed E-state index contributed by atoms with van der Waals surface area (Å²) in [5, 5.41) is 0. The molecule has 0 saturated heterocycles. The monoisotopic (exact) mass is 185 g/mol. The number of Topliss-reactive ketones (excluding diaryl/α,β-unsaturated/α-hetero) is 1. The van der Waals surface area contributed by atoms with Gasteiger partial charge in [0.05, 0.1) is 5.92 Å². The molecular formula is C9H15NO3. The fraction of sp³-hybridized carbons (Fsp3) is 0.778. The Labute approximate surface area is 77.4 Å². The third kappa shape index (κ3) is 2.28. The number of rotatable bonds is 2. The van der Waals surface area contributed by atoms with E-state index < -0.39 is 5.97 Å². The summed E-state index contributed by atoms with van der Waals surface area (Å²) >= 11 is 0. The van der Waals surface area contributed by atoms with E-state index in [0.29, 0.717) is 0 Å². The molecule has 1 rings (SSSR count). The number of nitrogens with two attached hydrogens (primary N) is 1. The Bertz CT molecular complexity index is 215. The molecule has 13 heavy (non-hydrogen) atoms. The van der Waals surface area contributed by atoms with Crippen LogP contribution in [0, 0.1) is 11.8 Å². The van der Waals surface area contributed by atoms with Crippen LogP contribution in [0.3, 0.4) is 0 Å². The highest BCUT2D eigenvalue weighted by Gasteiger charge is 2.34. The van der Waals surface area contributed by atoms with E-state index in [9.17, 15) is 9.59 Å². The molecule has 1 aliphatic rings. The van der Waals surface area contributed by atoms with Crippen LogP contribution in [0.4, 0.5) is 0 Å². The second-order valence-electron chi connectivity index (χ2n) is 3.54. The molecule has 1 saturated carbocycles. The number of hydrogen-bond acceptors (Lipinski definition) is 4. The van der Waals surface area contributed by atoms with Crippen molar-refractivity contribution >= 4 is 11.8 Å². The lowest BCUT2D eigenvalue weighted by Gasteiger charge is -2.26. The molecule has 0 heterocycles. The van der Waals surface area contributed by atoms with E-state index in [1.807, 2.05) is 0 Å². The van der Waals surface area contributed by atoms with Gasteiger partial charge in [0.1, 0.15) is 5.78 Å². The van der Waals surface area contributed by atoms with Gasteiger partial charge >= 0.3 is 5.97 Å². The lowest BCUT2D eigenvalue weighted by atomic mass is 9.77. The highest BCUT2D eigenvalue weighted by molar-refractivity contribution is 5.85. The second kappa shape index (κ2) is 4.37. The summed E-state index contributed by atoms with van der Waals surface area (Å²) in [4.78, 5) is 26.5. The summed E-state index contributed by atoms with van der Waals surface area (Å²) in [6.45, 7) is 1.52. The predicted molar refractivity (Wildman–Crippen MR) is 46.4 cm³/mol. The molecule has 0 radical (unpaired) electrons. The summed E-state index contributed by atoms with van der Waals surface area (Å²) in [6.07, 6.45) is 3.50. The average molecular weight is 185 g/mol. The Morgan fingerprint density at radius 2 is 1.77 bits per heavy atom. The summed E-state index contributed by atoms with van der Waals surface area (Å²) in [5.41, 5.74) is 0. The van der Waals surface area contributed by atoms with Crippen LogP contribution in [0.25, 0.3) is 0 Å². The van der Waals surface area contributed by atoms with Gasteiger partial charge < -0.3 is 4.84 Å². The van der Waals surface area contributed by atoms with Crippen molar-refractivity contribution in [3.8, 4) is 0 Å². The van der Waals surface area contributed by atoms with Crippen LogP contribution in [0.15, 0.2) is 0 Å². The van der Waals surface area contributed by atoms with Gasteiger partial charge in [-0.3, -0.25) is 9.59 Å². The van der Waals surface area contributed by atoms with Crippen molar-refractivity contribution in [2.75, 3.05) is 0 Å². The zero-order chi connectivity index (χ0) is 9.84. The maximum Gasteiger partial charge on any atom is 0.328 e. The Morgan fingerprint density at radius 1 is 1.23 bits per heavy atom. The van der Waals surface area contributed by atoms with Gasteiger partial charge in [-0.25, -0.2) is 0 Å². The van der Waals surface area contributed by atoms with Crippen LogP contribution in [-0.4, -0.2) is 11.8 Å². The van der Waals surface area contributed by atoms with Gasteiger partial charge in [0.25, 0.3) is 0 Å². The van der Waals surface area contributed by atoms with Gasteiger partial charge in [-0.1, -0.05) is 12.8 Å². The van der Waals surface area contributed by atoms with E-state index >= 15 is 0 Å². The van der Waals surface area contributed by atoms with E-state index in [-0.39, 0.29) is 17.6 Å². The van der Waals surface area contributed by atoms with Gasteiger partial charge in [-0.05, 0) is 19.8 Å². The molecule has 4 heteroatoms. The summed E-state index contributed by atoms with van der Waals surface area (Å²) < 4.78 is 0. The molecule has 0 amide bonds. The van der Waals surface area contributed by atoms with E-state index in [1.165, 1.54) is 6.92 Å². The van der Waals surface area contributed by atoms with E-state index in [4.69, 9.17) is 5.90 Å². The minimum absolute atomic E-state index is 0.0649. The van der Waals surface area contributed by atoms with Gasteiger partial charge in [-0.2, -0.15) is 5.90 Å². The van der Waals surface area contributed by atoms with Crippen LogP contribution < -0.4 is 5.90 Å². The second-order valence-corrected chi connectivity index (χ2v) is 3.54. The quantitative estimate of drug-likeness (QED) is 0.646. The normalized spacial score (nSPS) is 28.2. The maximum atomic E-state index is 11.2. The first-order valence-electron chi connectivity index (χ1n) is 4.58. The Morgan fingerprint density at radius 3 is 2.23 bits per heavy atom. The largest absolute Gasteiger partial charge is 0.373 e. The molecule has 1 fully saturated rings. The fourth-order valence-electron chi connectivity index (χ4n) is 1.99. The highest BCUT2D eigenvalue weighted by atomic mass is 16.7. The molecule has 2 N–H and O–H groups in total. The molecule has 0 aromatic carbocycles. The van der Waals surface area contributed by atoms with Crippen LogP contribution in [0.5, 0.6) is 0 Å². The van der Waals surface area contributed by atoms with Crippen molar-refractivity contribution in [1.82, 2.24) is 0 Å². The maximum absolute atomic E-state index is 11.2. The number of ketones is 1. The van der Waals surface area contributed by atoms with Crippen LogP contribution in [-0.2, 0) is 14.4 Å². The molecule has 2 atom stereocenters. The van der Waals surface area contributed by atoms with Crippen molar-refractivity contribution in [1.29, 1.82) is 0 Å². The number of hydrogen-bond donors (Lipinski definition) is 1. The zero-order valence-corrected chi connectivity index (χ0v) is 7.79. The first-order valence-corrected chi connectivity index (χ1v) is 4.58. The summed E-state index contributed by atoms with van der Waals surface area (Å²) in [7, 11) is 0. The lowest BCUT2D eigenvalue weighted by molar-refractivity contribution is -0.154. The smallest absolute Gasteiger partial charge is 0.328 e. The minimum Gasteiger partial charge on any atom is -0.373 e. The predicted octanol–water partition coefficient (Wildman–Crippen LogP) is 0.799. The zero-order valence-electron chi connectivity index (χ0n) is 7.79. The first-order chi connectivity index (χ1) is 6.16. The van der Waals surface area contributed by atoms with Crippen molar-refractivity contribution in [2.24, 2.45) is 17.7 Å². The van der Waals surface area contributed by atoms with Gasteiger partial charge in [0, 0.05) is 5.92 Å². The molecule has 74 valence electrons. The molecule has 1 aliphatic carbocycles. The molecule has 2 unspecified atom stereocenters. The third-order valence-electron chi connectivity index (χ3n) is 2.71. The van der Waals surface area contributed by atoms with Crippen molar-refractivity contribution in [3.63, 3.8) is 0 Å². The van der Waals surface area contributed by atoms with Crippen LogP contribution in [0.2, 0.25) is 0 Å². The number of carbonyl (C=O) groups is 2. The topological polar surface area (TPSA) is 69.4 Å². The third-order valence-corrected chi connectivity index (χ3v) is 2.71. The Hall–Kier alpha value is -0.900. The SMILES string of the molecule is CC(=O)C1CCCCC1C(=O)ON. The standard InChI is InChI=1S/C9H15NO3/c1-6(11)7-4-2-3-5-8(7)9(12)13-10/h7-8H,2-5,10H2,1H3. The molecule has 0 aromatic heterocycles. The molecule has 0 aromatic rings.